The zero-order valence-corrected chi connectivity index (χ0v) is 10.1. The molecule has 0 aromatic rings. The van der Waals surface area contributed by atoms with Gasteiger partial charge in [0.1, 0.15) is 0 Å². The minimum absolute atomic E-state index is 0.00927. The summed E-state index contributed by atoms with van der Waals surface area (Å²) in [5, 5.41) is 12.2. The molecule has 0 radical (unpaired) electrons. The molecule has 0 spiro atoms. The van der Waals surface area contributed by atoms with Crippen molar-refractivity contribution in [1.29, 1.82) is 0 Å². The van der Waals surface area contributed by atoms with Gasteiger partial charge in [-0.15, -0.1) is 0 Å². The lowest BCUT2D eigenvalue weighted by molar-refractivity contribution is -0.134. The van der Waals surface area contributed by atoms with Gasteiger partial charge in [0.15, 0.2) is 0 Å². The molecule has 5 heteroatoms. The smallest absolute Gasteiger partial charge is 0.236 e. The molecule has 0 aromatic heterocycles. The predicted molar refractivity (Wildman–Crippen MR) is 61.1 cm³/mol. The number of carbonyl (C=O) groups is 1. The summed E-state index contributed by atoms with van der Waals surface area (Å²) in [6, 6.07) is -0.00927. The first-order valence-electron chi connectivity index (χ1n) is 5.85. The molecule has 1 rings (SSSR count). The number of aliphatic hydroxyl groups excluding tert-OH is 1. The molecule has 2 N–H and O–H groups in total. The van der Waals surface area contributed by atoms with Gasteiger partial charge < -0.3 is 20.1 Å². The van der Waals surface area contributed by atoms with Gasteiger partial charge in [-0.25, -0.2) is 0 Å². The lowest BCUT2D eigenvalue weighted by atomic mass is 10.1. The molecule has 94 valence electrons. The van der Waals surface area contributed by atoms with Crippen LogP contribution in [0.5, 0.6) is 0 Å². The average Bonchev–Trinajstić information content (AvgIpc) is 2.30. The summed E-state index contributed by atoms with van der Waals surface area (Å²) < 4.78 is 5.18. The van der Waals surface area contributed by atoms with Crippen LogP contribution < -0.4 is 5.32 Å². The number of amides is 1. The third kappa shape index (κ3) is 4.08. The Balaban J connectivity index is 2.27. The average molecular weight is 230 g/mol. The van der Waals surface area contributed by atoms with Crippen molar-refractivity contribution in [3.05, 3.63) is 0 Å². The van der Waals surface area contributed by atoms with Gasteiger partial charge in [0.05, 0.1) is 26.4 Å². The highest BCUT2D eigenvalue weighted by Crippen LogP contribution is 2.01. The molecule has 1 heterocycles. The van der Waals surface area contributed by atoms with E-state index in [0.717, 1.165) is 0 Å². The SMILES string of the molecule is CC(C)C(CO)NCC(=O)N1CCOCC1. The van der Waals surface area contributed by atoms with Gasteiger partial charge in [-0.2, -0.15) is 0 Å². The van der Waals surface area contributed by atoms with Gasteiger partial charge in [-0.3, -0.25) is 4.79 Å². The van der Waals surface area contributed by atoms with Crippen LogP contribution in [0.2, 0.25) is 0 Å². The molecule has 0 aliphatic carbocycles. The maximum Gasteiger partial charge on any atom is 0.236 e. The molecule has 1 aliphatic heterocycles. The molecule has 1 unspecified atom stereocenters. The van der Waals surface area contributed by atoms with E-state index in [1.807, 2.05) is 13.8 Å². The van der Waals surface area contributed by atoms with Crippen molar-refractivity contribution in [3.8, 4) is 0 Å². The summed E-state index contributed by atoms with van der Waals surface area (Å²) in [7, 11) is 0. The number of nitrogens with zero attached hydrogens (tertiary/aromatic N) is 1. The first-order chi connectivity index (χ1) is 7.65. The summed E-state index contributed by atoms with van der Waals surface area (Å²) in [5.41, 5.74) is 0. The standard InChI is InChI=1S/C11H22N2O3/c1-9(2)10(8-14)12-7-11(15)13-3-5-16-6-4-13/h9-10,12,14H,3-8H2,1-2H3. The molecular weight excluding hydrogens is 208 g/mol. The summed E-state index contributed by atoms with van der Waals surface area (Å²) in [4.78, 5) is 13.6. The van der Waals surface area contributed by atoms with E-state index < -0.39 is 0 Å². The molecule has 0 aromatic carbocycles. The van der Waals surface area contributed by atoms with Crippen molar-refractivity contribution < 1.29 is 14.6 Å². The van der Waals surface area contributed by atoms with Crippen molar-refractivity contribution in [2.24, 2.45) is 5.92 Å². The molecule has 0 saturated carbocycles. The minimum atomic E-state index is -0.00927. The Hall–Kier alpha value is -0.650. The third-order valence-corrected chi connectivity index (χ3v) is 2.88. The van der Waals surface area contributed by atoms with Gasteiger partial charge in [0.25, 0.3) is 0 Å². The van der Waals surface area contributed by atoms with Crippen LogP contribution in [0.4, 0.5) is 0 Å². The van der Waals surface area contributed by atoms with E-state index in [-0.39, 0.29) is 18.6 Å². The Bertz CT molecular complexity index is 215. The van der Waals surface area contributed by atoms with Crippen molar-refractivity contribution in [3.63, 3.8) is 0 Å². The number of nitrogens with one attached hydrogen (secondary N) is 1. The fraction of sp³-hybridized carbons (Fsp3) is 0.909. The van der Waals surface area contributed by atoms with E-state index in [9.17, 15) is 4.79 Å². The Morgan fingerprint density at radius 3 is 2.56 bits per heavy atom. The number of hydrogen-bond donors (Lipinski definition) is 2. The molecule has 1 atom stereocenters. The highest BCUT2D eigenvalue weighted by atomic mass is 16.5. The molecule has 16 heavy (non-hydrogen) atoms. The van der Waals surface area contributed by atoms with Gasteiger partial charge in [-0.05, 0) is 5.92 Å². The lowest BCUT2D eigenvalue weighted by Gasteiger charge is -2.28. The number of aliphatic hydroxyl groups is 1. The second-order valence-corrected chi connectivity index (χ2v) is 4.41. The third-order valence-electron chi connectivity index (χ3n) is 2.88. The number of morpholine rings is 1. The van der Waals surface area contributed by atoms with E-state index in [2.05, 4.69) is 5.32 Å². The Labute approximate surface area is 96.8 Å². The summed E-state index contributed by atoms with van der Waals surface area (Å²) in [6.45, 7) is 6.99. The van der Waals surface area contributed by atoms with Crippen molar-refractivity contribution in [2.75, 3.05) is 39.5 Å². The second kappa shape index (κ2) is 6.83. The molecule has 1 amide bonds. The van der Waals surface area contributed by atoms with E-state index in [1.54, 1.807) is 4.90 Å². The van der Waals surface area contributed by atoms with Gasteiger partial charge >= 0.3 is 0 Å². The molecule has 0 bridgehead atoms. The fourth-order valence-corrected chi connectivity index (χ4v) is 1.65. The fourth-order valence-electron chi connectivity index (χ4n) is 1.65. The Morgan fingerprint density at radius 1 is 1.44 bits per heavy atom. The van der Waals surface area contributed by atoms with Crippen LogP contribution in [0.3, 0.4) is 0 Å². The maximum atomic E-state index is 11.8. The predicted octanol–water partition coefficient (Wildman–Crippen LogP) is -0.548. The van der Waals surface area contributed by atoms with Crippen LogP contribution in [0.15, 0.2) is 0 Å². The molecule has 1 fully saturated rings. The van der Waals surface area contributed by atoms with E-state index >= 15 is 0 Å². The largest absolute Gasteiger partial charge is 0.395 e. The normalized spacial score (nSPS) is 18.9. The zero-order valence-electron chi connectivity index (χ0n) is 10.1. The van der Waals surface area contributed by atoms with Gasteiger partial charge in [0.2, 0.25) is 5.91 Å². The second-order valence-electron chi connectivity index (χ2n) is 4.41. The molecule has 5 nitrogen and oxygen atoms in total. The summed E-state index contributed by atoms with van der Waals surface area (Å²) in [5.74, 6) is 0.407. The van der Waals surface area contributed by atoms with Crippen molar-refractivity contribution >= 4 is 5.91 Å². The molecule has 1 saturated heterocycles. The monoisotopic (exact) mass is 230 g/mol. The lowest BCUT2D eigenvalue weighted by Crippen LogP contribution is -2.48. The van der Waals surface area contributed by atoms with Crippen LogP contribution >= 0.6 is 0 Å². The van der Waals surface area contributed by atoms with Crippen LogP contribution in [0, 0.1) is 5.92 Å². The maximum absolute atomic E-state index is 11.8. The highest BCUT2D eigenvalue weighted by molar-refractivity contribution is 5.78. The number of ether oxygens (including phenoxy) is 1. The van der Waals surface area contributed by atoms with Crippen LogP contribution in [-0.4, -0.2) is 61.4 Å². The number of carbonyl (C=O) groups excluding carboxylic acids is 1. The van der Waals surface area contributed by atoms with Crippen LogP contribution in [0.25, 0.3) is 0 Å². The number of rotatable bonds is 5. The highest BCUT2D eigenvalue weighted by Gasteiger charge is 2.18. The van der Waals surface area contributed by atoms with E-state index in [1.165, 1.54) is 0 Å². The first kappa shape index (κ1) is 13.4. The van der Waals surface area contributed by atoms with Crippen molar-refractivity contribution in [2.45, 2.75) is 19.9 Å². The quantitative estimate of drug-likeness (QED) is 0.665. The minimum Gasteiger partial charge on any atom is -0.395 e. The van der Waals surface area contributed by atoms with Gasteiger partial charge in [-0.1, -0.05) is 13.8 Å². The zero-order chi connectivity index (χ0) is 12.0. The topological polar surface area (TPSA) is 61.8 Å². The molecule has 1 aliphatic rings. The van der Waals surface area contributed by atoms with Gasteiger partial charge in [0, 0.05) is 19.1 Å². The van der Waals surface area contributed by atoms with E-state index in [0.29, 0.717) is 38.8 Å². The Kier molecular flexibility index (Phi) is 5.73. The summed E-state index contributed by atoms with van der Waals surface area (Å²) in [6.07, 6.45) is 0. The van der Waals surface area contributed by atoms with Crippen LogP contribution in [-0.2, 0) is 9.53 Å². The summed E-state index contributed by atoms with van der Waals surface area (Å²) >= 11 is 0. The Morgan fingerprint density at radius 2 is 2.06 bits per heavy atom. The van der Waals surface area contributed by atoms with Crippen molar-refractivity contribution in [1.82, 2.24) is 10.2 Å². The number of hydrogen-bond acceptors (Lipinski definition) is 4. The molecular formula is C11H22N2O3. The van der Waals surface area contributed by atoms with E-state index in [4.69, 9.17) is 9.84 Å². The first-order valence-corrected chi connectivity index (χ1v) is 5.85. The van der Waals surface area contributed by atoms with Crippen LogP contribution in [0.1, 0.15) is 13.8 Å².